The number of hydrogen-bond acceptors (Lipinski definition) is 3. The monoisotopic (exact) mass is 430 g/mol. The normalized spacial score (nSPS) is 13.6. The van der Waals surface area contributed by atoms with Crippen molar-refractivity contribution < 1.29 is 31.1 Å². The molecule has 1 aliphatic rings. The van der Waals surface area contributed by atoms with Crippen molar-refractivity contribution in [3.8, 4) is 5.75 Å². The molecule has 0 atom stereocenters. The van der Waals surface area contributed by atoms with Crippen LogP contribution in [0.5, 0.6) is 5.75 Å². The van der Waals surface area contributed by atoms with E-state index in [0.717, 1.165) is 18.4 Å². The Hall–Kier alpha value is -2.61. The van der Waals surface area contributed by atoms with Gasteiger partial charge in [-0.1, -0.05) is 11.6 Å². The first-order valence-corrected chi connectivity index (χ1v) is 9.08. The van der Waals surface area contributed by atoms with Gasteiger partial charge in [0.2, 0.25) is 5.82 Å². The minimum atomic E-state index is -2.25. The minimum Gasteiger partial charge on any atom is -0.487 e. The second kappa shape index (κ2) is 7.33. The van der Waals surface area contributed by atoms with E-state index in [1.165, 1.54) is 12.1 Å². The Morgan fingerprint density at radius 2 is 1.48 bits per heavy atom. The van der Waals surface area contributed by atoms with Gasteiger partial charge in [0, 0.05) is 17.0 Å². The van der Waals surface area contributed by atoms with Crippen LogP contribution in [0, 0.1) is 29.1 Å². The van der Waals surface area contributed by atoms with Crippen LogP contribution < -0.4 is 10.4 Å². The molecule has 0 saturated carbocycles. The van der Waals surface area contributed by atoms with Crippen LogP contribution >= 0.6 is 11.6 Å². The first-order chi connectivity index (χ1) is 13.8. The largest absolute Gasteiger partial charge is 0.487 e. The zero-order chi connectivity index (χ0) is 20.9. The lowest BCUT2D eigenvalue weighted by Gasteiger charge is -2.17. The fraction of sp³-hybridized carbons (Fsp3) is 0.250. The molecule has 1 heterocycles. The highest BCUT2D eigenvalue weighted by Gasteiger charge is 2.26. The SMILES string of the molecule is O=c1oc2cc(OCc3c(F)c(F)c(F)c(F)c3F)c(Cl)cc2c2c1CCCC2. The molecule has 0 radical (unpaired) electrons. The van der Waals surface area contributed by atoms with Crippen LogP contribution in [0.3, 0.4) is 0 Å². The highest BCUT2D eigenvalue weighted by Crippen LogP contribution is 2.35. The average molecular weight is 431 g/mol. The van der Waals surface area contributed by atoms with Crippen LogP contribution in [0.25, 0.3) is 11.0 Å². The number of aryl methyl sites for hydroxylation is 1. The van der Waals surface area contributed by atoms with E-state index < -0.39 is 46.9 Å². The predicted octanol–water partition coefficient (Wildman–Crippen LogP) is 5.60. The van der Waals surface area contributed by atoms with Crippen molar-refractivity contribution in [2.45, 2.75) is 32.3 Å². The van der Waals surface area contributed by atoms with E-state index in [-0.39, 0.29) is 16.4 Å². The topological polar surface area (TPSA) is 39.4 Å². The van der Waals surface area contributed by atoms with Gasteiger partial charge in [-0.25, -0.2) is 26.7 Å². The molecule has 29 heavy (non-hydrogen) atoms. The third kappa shape index (κ3) is 3.25. The standard InChI is InChI=1S/C20H12ClF5O3/c21-12-5-10-8-3-1-2-4-9(8)20(27)29-13(10)6-14(12)28-7-11-15(22)17(24)19(26)18(25)16(11)23/h5-6H,1-4,7H2. The van der Waals surface area contributed by atoms with E-state index in [2.05, 4.69) is 0 Å². The summed E-state index contributed by atoms with van der Waals surface area (Å²) in [7, 11) is 0. The van der Waals surface area contributed by atoms with Gasteiger partial charge in [0.05, 0.1) is 10.6 Å². The van der Waals surface area contributed by atoms with E-state index in [0.29, 0.717) is 23.8 Å². The summed E-state index contributed by atoms with van der Waals surface area (Å²) < 4.78 is 77.9. The summed E-state index contributed by atoms with van der Waals surface area (Å²) >= 11 is 6.18. The highest BCUT2D eigenvalue weighted by molar-refractivity contribution is 6.32. The van der Waals surface area contributed by atoms with Gasteiger partial charge >= 0.3 is 5.63 Å². The molecule has 2 aromatic carbocycles. The van der Waals surface area contributed by atoms with Crippen molar-refractivity contribution in [3.05, 3.63) is 73.4 Å². The van der Waals surface area contributed by atoms with E-state index in [9.17, 15) is 26.7 Å². The first kappa shape index (κ1) is 19.7. The maximum atomic E-state index is 13.8. The molecule has 0 N–H and O–H groups in total. The zero-order valence-corrected chi connectivity index (χ0v) is 15.4. The van der Waals surface area contributed by atoms with Crippen molar-refractivity contribution in [1.29, 1.82) is 0 Å². The van der Waals surface area contributed by atoms with Crippen molar-refractivity contribution in [3.63, 3.8) is 0 Å². The second-order valence-electron chi connectivity index (χ2n) is 6.67. The van der Waals surface area contributed by atoms with Crippen LogP contribution in [0.1, 0.15) is 29.5 Å². The van der Waals surface area contributed by atoms with Crippen LogP contribution in [0.4, 0.5) is 22.0 Å². The van der Waals surface area contributed by atoms with Crippen molar-refractivity contribution >= 4 is 22.6 Å². The Balaban J connectivity index is 1.73. The third-order valence-corrected chi connectivity index (χ3v) is 5.24. The van der Waals surface area contributed by atoms with Gasteiger partial charge in [-0.05, 0) is 37.3 Å². The van der Waals surface area contributed by atoms with Gasteiger partial charge in [-0.3, -0.25) is 0 Å². The lowest BCUT2D eigenvalue weighted by molar-refractivity contribution is 0.279. The molecule has 0 spiro atoms. The van der Waals surface area contributed by atoms with Crippen molar-refractivity contribution in [1.82, 2.24) is 0 Å². The van der Waals surface area contributed by atoms with Gasteiger partial charge in [0.15, 0.2) is 23.3 Å². The zero-order valence-electron chi connectivity index (χ0n) is 14.7. The summed E-state index contributed by atoms with van der Waals surface area (Å²) in [6.45, 7) is -0.966. The fourth-order valence-electron chi connectivity index (χ4n) is 3.48. The van der Waals surface area contributed by atoms with Crippen LogP contribution in [0.2, 0.25) is 5.02 Å². The molecule has 9 heteroatoms. The highest BCUT2D eigenvalue weighted by atomic mass is 35.5. The molecular weight excluding hydrogens is 419 g/mol. The molecular formula is C20H12ClF5O3. The van der Waals surface area contributed by atoms with Crippen molar-refractivity contribution in [2.24, 2.45) is 0 Å². The van der Waals surface area contributed by atoms with Crippen LogP contribution in [-0.4, -0.2) is 0 Å². The number of hydrogen-bond donors (Lipinski definition) is 0. The van der Waals surface area contributed by atoms with E-state index in [1.807, 2.05) is 0 Å². The van der Waals surface area contributed by atoms with Gasteiger partial charge in [0.1, 0.15) is 17.9 Å². The molecule has 0 amide bonds. The van der Waals surface area contributed by atoms with Crippen LogP contribution in [-0.2, 0) is 19.4 Å². The van der Waals surface area contributed by atoms with E-state index >= 15 is 0 Å². The van der Waals surface area contributed by atoms with Crippen LogP contribution in [0.15, 0.2) is 21.3 Å². The molecule has 0 aliphatic heterocycles. The maximum absolute atomic E-state index is 13.8. The van der Waals surface area contributed by atoms with E-state index in [4.69, 9.17) is 20.8 Å². The van der Waals surface area contributed by atoms with Gasteiger partial charge in [-0.15, -0.1) is 0 Å². The Bertz CT molecular complexity index is 1180. The van der Waals surface area contributed by atoms with Crippen molar-refractivity contribution in [2.75, 3.05) is 0 Å². The van der Waals surface area contributed by atoms with Gasteiger partial charge in [-0.2, -0.15) is 0 Å². The predicted molar refractivity (Wildman–Crippen MR) is 94.7 cm³/mol. The van der Waals surface area contributed by atoms with Gasteiger partial charge < -0.3 is 9.15 Å². The molecule has 0 fully saturated rings. The maximum Gasteiger partial charge on any atom is 0.339 e. The third-order valence-electron chi connectivity index (χ3n) is 4.95. The lowest BCUT2D eigenvalue weighted by Crippen LogP contribution is -2.15. The number of fused-ring (bicyclic) bond motifs is 3. The summed E-state index contributed by atoms with van der Waals surface area (Å²) in [5, 5.41) is 0.663. The Morgan fingerprint density at radius 3 is 2.14 bits per heavy atom. The Kier molecular flexibility index (Phi) is 4.98. The summed E-state index contributed by atoms with van der Waals surface area (Å²) in [6.07, 6.45) is 3.06. The quantitative estimate of drug-likeness (QED) is 0.235. The molecule has 3 aromatic rings. The van der Waals surface area contributed by atoms with E-state index in [1.54, 1.807) is 0 Å². The number of ether oxygens (including phenoxy) is 1. The number of rotatable bonds is 3. The first-order valence-electron chi connectivity index (χ1n) is 8.70. The Morgan fingerprint density at radius 1 is 0.897 bits per heavy atom. The minimum absolute atomic E-state index is 0.0444. The molecule has 0 saturated heterocycles. The second-order valence-corrected chi connectivity index (χ2v) is 7.08. The Labute approximate surface area is 165 Å². The molecule has 1 aromatic heterocycles. The summed E-state index contributed by atoms with van der Waals surface area (Å²) in [4.78, 5) is 12.2. The average Bonchev–Trinajstić information content (AvgIpc) is 2.72. The molecule has 152 valence electrons. The molecule has 0 unspecified atom stereocenters. The summed E-state index contributed by atoms with van der Waals surface area (Å²) in [5.74, 6) is -10.5. The lowest BCUT2D eigenvalue weighted by atomic mass is 9.91. The summed E-state index contributed by atoms with van der Waals surface area (Å²) in [6, 6.07) is 2.76. The van der Waals surface area contributed by atoms with Gasteiger partial charge in [0.25, 0.3) is 0 Å². The summed E-state index contributed by atoms with van der Waals surface area (Å²) in [5.41, 5.74) is -0.0391. The molecule has 3 nitrogen and oxygen atoms in total. The fourth-order valence-corrected chi connectivity index (χ4v) is 3.70. The smallest absolute Gasteiger partial charge is 0.339 e. The molecule has 4 rings (SSSR count). The number of halogens is 6. The molecule has 1 aliphatic carbocycles. The molecule has 0 bridgehead atoms. The number of benzene rings is 2.